The first-order valence-electron chi connectivity index (χ1n) is 6.31. The lowest BCUT2D eigenvalue weighted by Crippen LogP contribution is -2.28. The van der Waals surface area contributed by atoms with Crippen LogP contribution in [0.2, 0.25) is 15.1 Å². The van der Waals surface area contributed by atoms with Crippen LogP contribution in [-0.4, -0.2) is 11.7 Å². The van der Waals surface area contributed by atoms with Crippen molar-refractivity contribution in [1.29, 1.82) is 0 Å². The monoisotopic (exact) mass is 375 g/mol. The second-order valence-corrected chi connectivity index (χ2v) is 6.93. The SMILES string of the molecule is O=C1CS[C@@H](c2cccc(Cl)c2Cl)N1c1ccc(F)c(Cl)c1. The molecule has 1 amide bonds. The molecule has 7 heteroatoms. The van der Waals surface area contributed by atoms with Gasteiger partial charge in [-0.1, -0.05) is 46.9 Å². The van der Waals surface area contributed by atoms with Crippen molar-refractivity contribution < 1.29 is 9.18 Å². The molecule has 0 saturated carbocycles. The van der Waals surface area contributed by atoms with E-state index in [1.165, 1.54) is 30.0 Å². The average molecular weight is 377 g/mol. The zero-order valence-electron chi connectivity index (χ0n) is 11.0. The predicted molar refractivity (Wildman–Crippen MR) is 90.6 cm³/mol. The number of carbonyl (C=O) groups excluding carboxylic acids is 1. The number of hydrogen-bond donors (Lipinski definition) is 0. The number of anilines is 1. The van der Waals surface area contributed by atoms with Crippen LogP contribution in [0.1, 0.15) is 10.9 Å². The van der Waals surface area contributed by atoms with Crippen LogP contribution in [0, 0.1) is 5.82 Å². The van der Waals surface area contributed by atoms with Gasteiger partial charge in [-0.2, -0.15) is 0 Å². The molecule has 3 rings (SSSR count). The molecule has 1 saturated heterocycles. The van der Waals surface area contributed by atoms with E-state index in [0.717, 1.165) is 5.56 Å². The van der Waals surface area contributed by atoms with Crippen molar-refractivity contribution in [1.82, 2.24) is 0 Å². The van der Waals surface area contributed by atoms with Crippen molar-refractivity contribution in [2.75, 3.05) is 10.7 Å². The van der Waals surface area contributed by atoms with Gasteiger partial charge in [0.25, 0.3) is 0 Å². The Bertz CT molecular complexity index is 756. The third kappa shape index (κ3) is 2.81. The minimum Gasteiger partial charge on any atom is -0.295 e. The molecule has 0 aliphatic carbocycles. The van der Waals surface area contributed by atoms with Crippen molar-refractivity contribution >= 4 is 58.2 Å². The third-order valence-corrected chi connectivity index (χ3v) is 5.61. The summed E-state index contributed by atoms with van der Waals surface area (Å²) >= 11 is 19.6. The fourth-order valence-corrected chi connectivity index (χ4v) is 4.13. The van der Waals surface area contributed by atoms with E-state index in [0.29, 0.717) is 21.5 Å². The van der Waals surface area contributed by atoms with Crippen molar-refractivity contribution in [2.45, 2.75) is 5.37 Å². The van der Waals surface area contributed by atoms with Crippen LogP contribution in [0.3, 0.4) is 0 Å². The summed E-state index contributed by atoms with van der Waals surface area (Å²) in [5.74, 6) is -0.307. The van der Waals surface area contributed by atoms with E-state index < -0.39 is 5.82 Å². The summed E-state index contributed by atoms with van der Waals surface area (Å²) in [6, 6.07) is 9.49. The quantitative estimate of drug-likeness (QED) is 0.683. The second kappa shape index (κ2) is 6.28. The van der Waals surface area contributed by atoms with Gasteiger partial charge < -0.3 is 0 Å². The van der Waals surface area contributed by atoms with E-state index in [2.05, 4.69) is 0 Å². The minimum atomic E-state index is -0.526. The van der Waals surface area contributed by atoms with Crippen LogP contribution >= 0.6 is 46.6 Å². The number of hydrogen-bond acceptors (Lipinski definition) is 2. The normalized spacial score (nSPS) is 18.1. The van der Waals surface area contributed by atoms with Gasteiger partial charge in [-0.05, 0) is 24.3 Å². The Balaban J connectivity index is 2.06. The Labute approximate surface area is 146 Å². The Kier molecular flexibility index (Phi) is 4.55. The summed E-state index contributed by atoms with van der Waals surface area (Å²) in [4.78, 5) is 13.8. The number of nitrogens with zero attached hydrogens (tertiary/aromatic N) is 1. The van der Waals surface area contributed by atoms with Crippen LogP contribution in [-0.2, 0) is 4.79 Å². The molecule has 0 aromatic heterocycles. The summed E-state index contributed by atoms with van der Waals surface area (Å²) in [6.45, 7) is 0. The van der Waals surface area contributed by atoms with Gasteiger partial charge in [0.2, 0.25) is 5.91 Å². The maximum Gasteiger partial charge on any atom is 0.238 e. The number of carbonyl (C=O) groups is 1. The van der Waals surface area contributed by atoms with Crippen LogP contribution < -0.4 is 4.90 Å². The summed E-state index contributed by atoms with van der Waals surface area (Å²) in [7, 11) is 0. The van der Waals surface area contributed by atoms with Gasteiger partial charge in [0, 0.05) is 11.3 Å². The molecule has 2 aromatic carbocycles. The molecular formula is C15H9Cl3FNOS. The first-order valence-corrected chi connectivity index (χ1v) is 8.50. The Morgan fingerprint density at radius 1 is 1.14 bits per heavy atom. The highest BCUT2D eigenvalue weighted by atomic mass is 35.5. The molecule has 0 unspecified atom stereocenters. The number of thioether (sulfide) groups is 1. The van der Waals surface area contributed by atoms with Crippen LogP contribution in [0.4, 0.5) is 10.1 Å². The van der Waals surface area contributed by atoms with Gasteiger partial charge in [-0.25, -0.2) is 4.39 Å². The van der Waals surface area contributed by atoms with Crippen molar-refractivity contribution in [2.24, 2.45) is 0 Å². The zero-order chi connectivity index (χ0) is 15.9. The van der Waals surface area contributed by atoms with Gasteiger partial charge in [-0.15, -0.1) is 11.8 Å². The topological polar surface area (TPSA) is 20.3 Å². The van der Waals surface area contributed by atoms with Crippen molar-refractivity contribution in [3.8, 4) is 0 Å². The third-order valence-electron chi connectivity index (χ3n) is 3.30. The Morgan fingerprint density at radius 3 is 2.64 bits per heavy atom. The van der Waals surface area contributed by atoms with Crippen molar-refractivity contribution in [3.05, 3.63) is 62.8 Å². The van der Waals surface area contributed by atoms with Gasteiger partial charge in [0.1, 0.15) is 11.2 Å². The number of benzene rings is 2. The van der Waals surface area contributed by atoms with Crippen LogP contribution in [0.25, 0.3) is 0 Å². The van der Waals surface area contributed by atoms with E-state index >= 15 is 0 Å². The van der Waals surface area contributed by atoms with E-state index in [1.807, 2.05) is 6.07 Å². The molecule has 0 spiro atoms. The molecule has 114 valence electrons. The molecule has 0 N–H and O–H groups in total. The first-order chi connectivity index (χ1) is 10.5. The predicted octanol–water partition coefficient (Wildman–Crippen LogP) is 5.56. The molecule has 22 heavy (non-hydrogen) atoms. The fourth-order valence-electron chi connectivity index (χ4n) is 2.28. The molecule has 1 heterocycles. The van der Waals surface area contributed by atoms with Crippen LogP contribution in [0.5, 0.6) is 0 Å². The first kappa shape index (κ1) is 15.9. The zero-order valence-corrected chi connectivity index (χ0v) is 14.1. The molecular weight excluding hydrogens is 368 g/mol. The van der Waals surface area contributed by atoms with E-state index in [-0.39, 0.29) is 16.3 Å². The lowest BCUT2D eigenvalue weighted by molar-refractivity contribution is -0.115. The second-order valence-electron chi connectivity index (χ2n) is 4.67. The molecule has 2 nitrogen and oxygen atoms in total. The smallest absolute Gasteiger partial charge is 0.238 e. The highest BCUT2D eigenvalue weighted by molar-refractivity contribution is 8.00. The molecule has 1 aliphatic rings. The highest BCUT2D eigenvalue weighted by Gasteiger charge is 2.35. The lowest BCUT2D eigenvalue weighted by atomic mass is 10.2. The largest absolute Gasteiger partial charge is 0.295 e. The number of halogens is 4. The lowest BCUT2D eigenvalue weighted by Gasteiger charge is -2.25. The Hall–Kier alpha value is -0.940. The van der Waals surface area contributed by atoms with E-state index in [1.54, 1.807) is 17.0 Å². The maximum absolute atomic E-state index is 13.3. The van der Waals surface area contributed by atoms with Gasteiger partial charge in [0.05, 0.1) is 20.8 Å². The van der Waals surface area contributed by atoms with E-state index in [9.17, 15) is 9.18 Å². The summed E-state index contributed by atoms with van der Waals surface area (Å²) < 4.78 is 13.3. The standard InChI is InChI=1S/C15H9Cl3FNOS/c16-10-3-1-2-9(14(10)18)15-20(13(21)7-22-15)8-4-5-12(19)11(17)6-8/h1-6,15H,7H2/t15-/m0/s1. The average Bonchev–Trinajstić information content (AvgIpc) is 2.86. The summed E-state index contributed by atoms with van der Waals surface area (Å²) in [5, 5.41) is 0.490. The summed E-state index contributed by atoms with van der Waals surface area (Å²) in [5.41, 5.74) is 1.27. The molecule has 1 aliphatic heterocycles. The van der Waals surface area contributed by atoms with Crippen molar-refractivity contribution in [3.63, 3.8) is 0 Å². The summed E-state index contributed by atoms with van der Waals surface area (Å²) in [6.07, 6.45) is 0. The molecule has 1 atom stereocenters. The van der Waals surface area contributed by atoms with Crippen LogP contribution in [0.15, 0.2) is 36.4 Å². The molecule has 0 radical (unpaired) electrons. The molecule has 0 bridgehead atoms. The Morgan fingerprint density at radius 2 is 1.91 bits per heavy atom. The molecule has 2 aromatic rings. The highest BCUT2D eigenvalue weighted by Crippen LogP contribution is 2.45. The number of rotatable bonds is 2. The number of amides is 1. The van der Waals surface area contributed by atoms with Gasteiger partial charge >= 0.3 is 0 Å². The van der Waals surface area contributed by atoms with E-state index in [4.69, 9.17) is 34.8 Å². The minimum absolute atomic E-state index is 0.0295. The molecule has 1 fully saturated rings. The maximum atomic E-state index is 13.3. The van der Waals surface area contributed by atoms with Gasteiger partial charge in [-0.3, -0.25) is 9.69 Å². The fraction of sp³-hybridized carbons (Fsp3) is 0.133. The van der Waals surface area contributed by atoms with Gasteiger partial charge in [0.15, 0.2) is 0 Å².